The molecule has 0 saturated carbocycles. The summed E-state index contributed by atoms with van der Waals surface area (Å²) in [5.74, 6) is 0.680. The van der Waals surface area contributed by atoms with Crippen LogP contribution in [0.4, 0.5) is 5.69 Å². The van der Waals surface area contributed by atoms with Gasteiger partial charge in [-0.15, -0.1) is 0 Å². The number of fused-ring (bicyclic) bond motifs is 1. The van der Waals surface area contributed by atoms with Crippen LogP contribution < -0.4 is 19.5 Å². The van der Waals surface area contributed by atoms with E-state index in [1.165, 1.54) is 12.1 Å². The summed E-state index contributed by atoms with van der Waals surface area (Å²) >= 11 is 0. The molecule has 0 atom stereocenters. The Hall–Kier alpha value is -2.58. The molecular weight excluding hydrogens is 332 g/mol. The minimum Gasteiger partial charge on any atom is -0.486 e. The Bertz CT molecular complexity index is 837. The Morgan fingerprint density at radius 2 is 1.71 bits per heavy atom. The summed E-state index contributed by atoms with van der Waals surface area (Å²) in [7, 11) is -3.72. The third-order valence-corrected chi connectivity index (χ3v) is 4.72. The van der Waals surface area contributed by atoms with E-state index in [0.717, 1.165) is 0 Å². The quantitative estimate of drug-likeness (QED) is 0.851. The molecule has 2 aromatic rings. The third-order valence-electron chi connectivity index (χ3n) is 3.30. The van der Waals surface area contributed by atoms with E-state index >= 15 is 0 Å². The summed E-state index contributed by atoms with van der Waals surface area (Å²) in [6.07, 6.45) is 0. The highest BCUT2D eigenvalue weighted by atomic mass is 32.2. The van der Waals surface area contributed by atoms with Gasteiger partial charge in [0.2, 0.25) is 15.9 Å². The standard InChI is InChI=1S/C16H16N2O5S/c19-16(11-17-24(20,21)13-4-2-1-3-5-13)18-12-6-7-14-15(10-12)23-9-8-22-14/h1-7,10,17H,8-9,11H2,(H,18,19). The van der Waals surface area contributed by atoms with Gasteiger partial charge in [0.25, 0.3) is 0 Å². The molecule has 0 unspecified atom stereocenters. The van der Waals surface area contributed by atoms with Gasteiger partial charge in [-0.3, -0.25) is 4.79 Å². The number of rotatable bonds is 5. The van der Waals surface area contributed by atoms with Crippen LogP contribution >= 0.6 is 0 Å². The molecule has 2 aromatic carbocycles. The lowest BCUT2D eigenvalue weighted by Crippen LogP contribution is -2.32. The summed E-state index contributed by atoms with van der Waals surface area (Å²) in [5, 5.41) is 2.61. The average Bonchev–Trinajstić information content (AvgIpc) is 2.61. The summed E-state index contributed by atoms with van der Waals surface area (Å²) in [6.45, 7) is 0.562. The van der Waals surface area contributed by atoms with Gasteiger partial charge in [0.05, 0.1) is 11.4 Å². The van der Waals surface area contributed by atoms with Crippen molar-refractivity contribution in [3.05, 3.63) is 48.5 Å². The zero-order chi connectivity index (χ0) is 17.0. The van der Waals surface area contributed by atoms with Gasteiger partial charge in [-0.2, -0.15) is 0 Å². The zero-order valence-electron chi connectivity index (χ0n) is 12.7. The van der Waals surface area contributed by atoms with Crippen LogP contribution in [0.1, 0.15) is 0 Å². The third kappa shape index (κ3) is 3.84. The van der Waals surface area contributed by atoms with Crippen molar-refractivity contribution in [3.8, 4) is 11.5 Å². The number of nitrogens with one attached hydrogen (secondary N) is 2. The number of benzene rings is 2. The molecule has 0 radical (unpaired) electrons. The summed E-state index contributed by atoms with van der Waals surface area (Å²) in [4.78, 5) is 12.1. The van der Waals surface area contributed by atoms with Crippen LogP contribution in [-0.2, 0) is 14.8 Å². The molecule has 1 aliphatic heterocycles. The van der Waals surface area contributed by atoms with E-state index in [9.17, 15) is 13.2 Å². The molecular formula is C16H16N2O5S. The predicted octanol–water partition coefficient (Wildman–Crippen LogP) is 1.37. The molecule has 24 heavy (non-hydrogen) atoms. The van der Waals surface area contributed by atoms with Crippen molar-refractivity contribution in [2.75, 3.05) is 25.1 Å². The molecule has 2 N–H and O–H groups in total. The number of hydrogen-bond acceptors (Lipinski definition) is 5. The maximum Gasteiger partial charge on any atom is 0.241 e. The smallest absolute Gasteiger partial charge is 0.241 e. The van der Waals surface area contributed by atoms with Gasteiger partial charge in [-0.05, 0) is 24.3 Å². The fraction of sp³-hybridized carbons (Fsp3) is 0.188. The van der Waals surface area contributed by atoms with Crippen molar-refractivity contribution in [2.24, 2.45) is 0 Å². The molecule has 1 heterocycles. The highest BCUT2D eigenvalue weighted by Gasteiger charge is 2.16. The molecule has 0 bridgehead atoms. The maximum atomic E-state index is 12.1. The first-order valence-electron chi connectivity index (χ1n) is 7.29. The van der Waals surface area contributed by atoms with Crippen molar-refractivity contribution in [2.45, 2.75) is 4.90 Å². The minimum absolute atomic E-state index is 0.108. The lowest BCUT2D eigenvalue weighted by atomic mass is 10.2. The molecule has 3 rings (SSSR count). The molecule has 0 aromatic heterocycles. The molecule has 0 spiro atoms. The second-order valence-corrected chi connectivity index (χ2v) is 6.81. The first-order chi connectivity index (χ1) is 11.5. The van der Waals surface area contributed by atoms with E-state index in [0.29, 0.717) is 30.4 Å². The second kappa shape index (κ2) is 6.90. The van der Waals surface area contributed by atoms with Gasteiger partial charge in [0.15, 0.2) is 11.5 Å². The fourth-order valence-electron chi connectivity index (χ4n) is 2.17. The van der Waals surface area contributed by atoms with E-state index in [2.05, 4.69) is 10.0 Å². The molecule has 0 aliphatic carbocycles. The summed E-state index contributed by atoms with van der Waals surface area (Å²) in [6, 6.07) is 12.9. The van der Waals surface area contributed by atoms with Gasteiger partial charge in [0, 0.05) is 11.8 Å². The number of carbonyl (C=O) groups is 1. The molecule has 7 nitrogen and oxygen atoms in total. The first kappa shape index (κ1) is 16.3. The Balaban J connectivity index is 1.60. The topological polar surface area (TPSA) is 93.7 Å². The highest BCUT2D eigenvalue weighted by Crippen LogP contribution is 2.32. The number of ether oxygens (including phenoxy) is 2. The average molecular weight is 348 g/mol. The van der Waals surface area contributed by atoms with Gasteiger partial charge in [-0.25, -0.2) is 13.1 Å². The maximum absolute atomic E-state index is 12.1. The predicted molar refractivity (Wildman–Crippen MR) is 87.7 cm³/mol. The van der Waals surface area contributed by atoms with Crippen molar-refractivity contribution in [3.63, 3.8) is 0 Å². The SMILES string of the molecule is O=C(CNS(=O)(=O)c1ccccc1)Nc1ccc2c(c1)OCCO2. The molecule has 1 aliphatic rings. The summed E-state index contributed by atoms with van der Waals surface area (Å²) < 4.78 is 37.2. The number of carbonyl (C=O) groups excluding carboxylic acids is 1. The Labute approximate surface area is 139 Å². The summed E-state index contributed by atoms with van der Waals surface area (Å²) in [5.41, 5.74) is 0.503. The van der Waals surface area contributed by atoms with E-state index in [1.54, 1.807) is 36.4 Å². The van der Waals surface area contributed by atoms with Crippen molar-refractivity contribution < 1.29 is 22.7 Å². The monoisotopic (exact) mass is 348 g/mol. The number of hydrogen-bond donors (Lipinski definition) is 2. The molecule has 0 fully saturated rings. The lowest BCUT2D eigenvalue weighted by Gasteiger charge is -2.19. The number of anilines is 1. The fourth-order valence-corrected chi connectivity index (χ4v) is 3.17. The van der Waals surface area contributed by atoms with Gasteiger partial charge in [-0.1, -0.05) is 18.2 Å². The lowest BCUT2D eigenvalue weighted by molar-refractivity contribution is -0.115. The molecule has 1 amide bonds. The largest absolute Gasteiger partial charge is 0.486 e. The van der Waals surface area contributed by atoms with Crippen molar-refractivity contribution in [1.29, 1.82) is 0 Å². The zero-order valence-corrected chi connectivity index (χ0v) is 13.5. The van der Waals surface area contributed by atoms with Crippen LogP contribution in [0.3, 0.4) is 0 Å². The highest BCUT2D eigenvalue weighted by molar-refractivity contribution is 7.89. The van der Waals surface area contributed by atoms with Crippen molar-refractivity contribution >= 4 is 21.6 Å². The Kier molecular flexibility index (Phi) is 4.68. The van der Waals surface area contributed by atoms with Gasteiger partial charge >= 0.3 is 0 Å². The number of sulfonamides is 1. The van der Waals surface area contributed by atoms with Crippen LogP contribution in [0.15, 0.2) is 53.4 Å². The minimum atomic E-state index is -3.72. The molecule has 0 saturated heterocycles. The molecule has 126 valence electrons. The van der Waals surface area contributed by atoms with Crippen LogP contribution in [-0.4, -0.2) is 34.1 Å². The number of amides is 1. The Morgan fingerprint density at radius 1 is 1.00 bits per heavy atom. The normalized spacial score (nSPS) is 13.3. The van der Waals surface area contributed by atoms with Crippen LogP contribution in [0.25, 0.3) is 0 Å². The molecule has 8 heteroatoms. The van der Waals surface area contributed by atoms with E-state index in [1.807, 2.05) is 0 Å². The first-order valence-corrected chi connectivity index (χ1v) is 8.77. The van der Waals surface area contributed by atoms with Crippen LogP contribution in [0.5, 0.6) is 11.5 Å². The van der Waals surface area contributed by atoms with Gasteiger partial charge in [0.1, 0.15) is 13.2 Å². The van der Waals surface area contributed by atoms with Crippen molar-refractivity contribution in [1.82, 2.24) is 4.72 Å². The van der Waals surface area contributed by atoms with Crippen LogP contribution in [0.2, 0.25) is 0 Å². The van der Waals surface area contributed by atoms with Crippen LogP contribution in [0, 0.1) is 0 Å². The van der Waals surface area contributed by atoms with E-state index in [4.69, 9.17) is 9.47 Å². The second-order valence-electron chi connectivity index (χ2n) is 5.04. The van der Waals surface area contributed by atoms with E-state index in [-0.39, 0.29) is 11.4 Å². The van der Waals surface area contributed by atoms with E-state index < -0.39 is 15.9 Å². The van der Waals surface area contributed by atoms with Gasteiger partial charge < -0.3 is 14.8 Å². The Morgan fingerprint density at radius 3 is 2.46 bits per heavy atom.